The molecule has 1 amide bonds. The largest absolute Gasteiger partial charge is 0.492 e. The van der Waals surface area contributed by atoms with Crippen molar-refractivity contribution in [2.45, 2.75) is 45.4 Å². The average Bonchev–Trinajstić information content (AvgIpc) is 2.87. The highest BCUT2D eigenvalue weighted by atomic mass is 32.2. The van der Waals surface area contributed by atoms with E-state index >= 15 is 0 Å². The summed E-state index contributed by atoms with van der Waals surface area (Å²) in [6.07, 6.45) is -4.27. The van der Waals surface area contributed by atoms with E-state index in [1.54, 1.807) is 43.0 Å². The number of carbonyl (C=O) groups is 2. The number of thioether (sulfide) groups is 1. The second-order valence-corrected chi connectivity index (χ2v) is 9.55. The van der Waals surface area contributed by atoms with Crippen molar-refractivity contribution in [1.29, 1.82) is 0 Å². The van der Waals surface area contributed by atoms with Gasteiger partial charge in [0.2, 0.25) is 0 Å². The Morgan fingerprint density at radius 3 is 2.39 bits per heavy atom. The molecule has 0 saturated heterocycles. The van der Waals surface area contributed by atoms with Crippen LogP contribution in [0.2, 0.25) is 0 Å². The van der Waals surface area contributed by atoms with Gasteiger partial charge in [-0.15, -0.1) is 0 Å². The first-order valence-corrected chi connectivity index (χ1v) is 13.6. The molecule has 11 heteroatoms. The minimum Gasteiger partial charge on any atom is -0.492 e. The van der Waals surface area contributed by atoms with E-state index in [1.165, 1.54) is 17.0 Å². The van der Waals surface area contributed by atoms with Gasteiger partial charge in [-0.25, -0.2) is 9.59 Å². The molecule has 2 rings (SSSR count). The number of alkyl halides is 3. The topological polar surface area (TPSA) is 85.3 Å². The molecule has 2 aromatic carbocycles. The van der Waals surface area contributed by atoms with Gasteiger partial charge in [-0.1, -0.05) is 25.1 Å². The SMILES string of the molecule is CCCSCCCN(CCOc1ccc(CC(OCC)C(=O)O)cc1)C(=O)Oc1cccc(C(F)(F)F)c1. The van der Waals surface area contributed by atoms with Crippen LogP contribution in [0.3, 0.4) is 0 Å². The molecule has 1 atom stereocenters. The highest BCUT2D eigenvalue weighted by Gasteiger charge is 2.31. The molecule has 0 bridgehead atoms. The minimum atomic E-state index is -4.54. The highest BCUT2D eigenvalue weighted by molar-refractivity contribution is 7.99. The number of ether oxygens (including phenoxy) is 3. The summed E-state index contributed by atoms with van der Waals surface area (Å²) in [6.45, 7) is 4.78. The fourth-order valence-corrected chi connectivity index (χ4v) is 4.25. The van der Waals surface area contributed by atoms with E-state index < -0.39 is 29.9 Å². The number of amides is 1. The third kappa shape index (κ3) is 11.2. The highest BCUT2D eigenvalue weighted by Crippen LogP contribution is 2.31. The summed E-state index contributed by atoms with van der Waals surface area (Å²) in [4.78, 5) is 25.5. The van der Waals surface area contributed by atoms with E-state index in [9.17, 15) is 27.9 Å². The van der Waals surface area contributed by atoms with Crippen LogP contribution >= 0.6 is 11.8 Å². The molecule has 0 fully saturated rings. The van der Waals surface area contributed by atoms with Crippen LogP contribution in [0.4, 0.5) is 18.0 Å². The molecule has 0 aliphatic heterocycles. The summed E-state index contributed by atoms with van der Waals surface area (Å²) in [5, 5.41) is 9.24. The molecule has 0 spiro atoms. The van der Waals surface area contributed by atoms with Crippen LogP contribution in [0, 0.1) is 0 Å². The molecule has 38 heavy (non-hydrogen) atoms. The summed E-state index contributed by atoms with van der Waals surface area (Å²) >= 11 is 1.77. The van der Waals surface area contributed by atoms with Crippen molar-refractivity contribution < 1.29 is 42.1 Å². The third-order valence-electron chi connectivity index (χ3n) is 5.31. The molecule has 0 radical (unpaired) electrons. The standard InChI is InChI=1S/C27H34F3NO6S/c1-3-16-38-17-6-13-31(26(34)37-23-8-5-7-21(19-23)27(28,29)30)14-15-36-22-11-9-20(10-12-22)18-24(25(32)33)35-4-2/h5,7-12,19,24H,3-4,6,13-18H2,1-2H3,(H,32,33). The first-order chi connectivity index (χ1) is 18.1. The number of hydrogen-bond donors (Lipinski definition) is 1. The molecule has 2 aromatic rings. The van der Waals surface area contributed by atoms with Crippen molar-refractivity contribution in [3.05, 3.63) is 59.7 Å². The minimum absolute atomic E-state index is 0.135. The molecule has 7 nitrogen and oxygen atoms in total. The molecular weight excluding hydrogens is 523 g/mol. The van der Waals surface area contributed by atoms with Crippen molar-refractivity contribution in [3.8, 4) is 11.5 Å². The fraction of sp³-hybridized carbons (Fsp3) is 0.481. The zero-order valence-electron chi connectivity index (χ0n) is 21.5. The molecule has 0 aromatic heterocycles. The van der Waals surface area contributed by atoms with Crippen molar-refractivity contribution in [1.82, 2.24) is 4.90 Å². The van der Waals surface area contributed by atoms with Crippen LogP contribution in [0.5, 0.6) is 11.5 Å². The Kier molecular flexibility index (Phi) is 13.3. The van der Waals surface area contributed by atoms with Gasteiger partial charge in [0.25, 0.3) is 0 Å². The van der Waals surface area contributed by atoms with Crippen molar-refractivity contribution in [2.24, 2.45) is 0 Å². The Hall–Kier alpha value is -2.92. The van der Waals surface area contributed by atoms with Crippen LogP contribution < -0.4 is 9.47 Å². The average molecular weight is 558 g/mol. The maximum Gasteiger partial charge on any atom is 0.416 e. The molecule has 0 saturated carbocycles. The second kappa shape index (κ2) is 16.1. The van der Waals surface area contributed by atoms with E-state index in [4.69, 9.17) is 14.2 Å². The Labute approximate surface area is 225 Å². The summed E-state index contributed by atoms with van der Waals surface area (Å²) in [5.41, 5.74) is -0.123. The zero-order valence-corrected chi connectivity index (χ0v) is 22.4. The number of halogens is 3. The van der Waals surface area contributed by atoms with Gasteiger partial charge in [0, 0.05) is 19.6 Å². The summed E-state index contributed by atoms with van der Waals surface area (Å²) in [5.74, 6) is 1.16. The monoisotopic (exact) mass is 557 g/mol. The number of nitrogens with zero attached hydrogens (tertiary/aromatic N) is 1. The molecule has 1 unspecified atom stereocenters. The van der Waals surface area contributed by atoms with Crippen LogP contribution in [-0.2, 0) is 22.1 Å². The van der Waals surface area contributed by atoms with Crippen LogP contribution in [-0.4, -0.2) is 66.0 Å². The third-order valence-corrected chi connectivity index (χ3v) is 6.58. The molecule has 0 aliphatic carbocycles. The summed E-state index contributed by atoms with van der Waals surface area (Å²) in [7, 11) is 0. The van der Waals surface area contributed by atoms with Gasteiger partial charge in [-0.3, -0.25) is 0 Å². The Bertz CT molecular complexity index is 1000. The van der Waals surface area contributed by atoms with E-state index in [1.807, 2.05) is 0 Å². The van der Waals surface area contributed by atoms with Gasteiger partial charge < -0.3 is 24.2 Å². The number of rotatable bonds is 16. The zero-order chi connectivity index (χ0) is 28.0. The fourth-order valence-electron chi connectivity index (χ4n) is 3.43. The van der Waals surface area contributed by atoms with Gasteiger partial charge in [0.15, 0.2) is 6.10 Å². The summed E-state index contributed by atoms with van der Waals surface area (Å²) < 4.78 is 55.3. The Balaban J connectivity index is 1.96. The van der Waals surface area contributed by atoms with E-state index in [0.29, 0.717) is 25.3 Å². The van der Waals surface area contributed by atoms with Crippen molar-refractivity contribution in [3.63, 3.8) is 0 Å². The predicted molar refractivity (Wildman–Crippen MR) is 140 cm³/mol. The first-order valence-electron chi connectivity index (χ1n) is 12.4. The number of carboxylic acids is 1. The number of carbonyl (C=O) groups excluding carboxylic acids is 1. The number of benzene rings is 2. The van der Waals surface area contributed by atoms with Crippen molar-refractivity contribution >= 4 is 23.8 Å². The summed E-state index contributed by atoms with van der Waals surface area (Å²) in [6, 6.07) is 11.1. The molecule has 1 N–H and O–H groups in total. The molecule has 0 heterocycles. The first kappa shape index (κ1) is 31.3. The number of aliphatic carboxylic acids is 1. The quantitative estimate of drug-likeness (QED) is 0.248. The van der Waals surface area contributed by atoms with Crippen LogP contribution in [0.15, 0.2) is 48.5 Å². The Morgan fingerprint density at radius 2 is 1.76 bits per heavy atom. The lowest BCUT2D eigenvalue weighted by Gasteiger charge is -2.22. The Morgan fingerprint density at radius 1 is 1.03 bits per heavy atom. The van der Waals surface area contributed by atoms with Crippen LogP contribution in [0.25, 0.3) is 0 Å². The molecule has 0 aliphatic rings. The van der Waals surface area contributed by atoms with Gasteiger partial charge in [0.05, 0.1) is 12.1 Å². The van der Waals surface area contributed by atoms with E-state index in [-0.39, 0.29) is 25.3 Å². The van der Waals surface area contributed by atoms with Gasteiger partial charge in [-0.05, 0) is 67.2 Å². The number of hydrogen-bond acceptors (Lipinski definition) is 6. The molecule has 210 valence electrons. The normalized spacial score (nSPS) is 12.1. The number of carboxylic acid groups (broad SMARTS) is 1. The lowest BCUT2D eigenvalue weighted by Crippen LogP contribution is -2.37. The van der Waals surface area contributed by atoms with Crippen LogP contribution in [0.1, 0.15) is 37.8 Å². The lowest BCUT2D eigenvalue weighted by molar-refractivity contribution is -0.150. The van der Waals surface area contributed by atoms with Crippen molar-refractivity contribution in [2.75, 3.05) is 37.8 Å². The van der Waals surface area contributed by atoms with E-state index in [0.717, 1.165) is 35.6 Å². The second-order valence-electron chi connectivity index (χ2n) is 8.33. The smallest absolute Gasteiger partial charge is 0.416 e. The maximum absolute atomic E-state index is 13.0. The lowest BCUT2D eigenvalue weighted by atomic mass is 10.1. The predicted octanol–water partition coefficient (Wildman–Crippen LogP) is 6.15. The maximum atomic E-state index is 13.0. The van der Waals surface area contributed by atoms with Gasteiger partial charge >= 0.3 is 18.2 Å². The molecular formula is C27H34F3NO6S. The van der Waals surface area contributed by atoms with E-state index in [2.05, 4.69) is 6.92 Å². The van der Waals surface area contributed by atoms with Gasteiger partial charge in [0.1, 0.15) is 18.1 Å². The van der Waals surface area contributed by atoms with Gasteiger partial charge in [-0.2, -0.15) is 24.9 Å².